The highest BCUT2D eigenvalue weighted by atomic mass is 35.7. The van der Waals surface area contributed by atoms with Crippen molar-refractivity contribution in [1.82, 2.24) is 19.1 Å². The quantitative estimate of drug-likeness (QED) is 0.184. The summed E-state index contributed by atoms with van der Waals surface area (Å²) in [6, 6.07) is 32.0. The Hall–Kier alpha value is -3.63. The zero-order valence-electron chi connectivity index (χ0n) is 24.7. The van der Waals surface area contributed by atoms with Gasteiger partial charge >= 0.3 is 12.6 Å². The van der Waals surface area contributed by atoms with E-state index in [0.29, 0.717) is 6.54 Å². The van der Waals surface area contributed by atoms with E-state index in [1.54, 1.807) is 26.4 Å². The van der Waals surface area contributed by atoms with Crippen LogP contribution in [0.5, 0.6) is 0 Å². The van der Waals surface area contributed by atoms with Gasteiger partial charge in [0.15, 0.2) is 6.23 Å². The second-order valence-corrected chi connectivity index (χ2v) is 13.9. The SMILES string of the molecule is CC(=O)Nc1ccn([C@H]2CN(C(c3ccccc3)(c3ccccc3)c3ccccc3)C[C@@H](COP(=O)(Cl)N(C)C)O2)c(=O)n1. The number of morpholine rings is 1. The predicted molar refractivity (Wildman–Crippen MR) is 171 cm³/mol. The predicted octanol–water partition coefficient (Wildman–Crippen LogP) is 5.32. The molecule has 1 unspecified atom stereocenters. The Morgan fingerprint density at radius 2 is 1.50 bits per heavy atom. The molecule has 230 valence electrons. The third-order valence-corrected chi connectivity index (χ3v) is 10.2. The van der Waals surface area contributed by atoms with Crippen molar-refractivity contribution in [3.8, 4) is 0 Å². The first-order valence-electron chi connectivity index (χ1n) is 14.2. The molecule has 1 saturated heterocycles. The van der Waals surface area contributed by atoms with Crippen molar-refractivity contribution in [1.29, 1.82) is 0 Å². The van der Waals surface area contributed by atoms with E-state index in [4.69, 9.17) is 20.5 Å². The van der Waals surface area contributed by atoms with Crippen LogP contribution in [-0.4, -0.2) is 64.9 Å². The van der Waals surface area contributed by atoms with Crippen LogP contribution in [-0.2, 0) is 24.2 Å². The lowest BCUT2D eigenvalue weighted by atomic mass is 9.75. The van der Waals surface area contributed by atoms with Gasteiger partial charge in [0.25, 0.3) is 0 Å². The van der Waals surface area contributed by atoms with Gasteiger partial charge in [0.1, 0.15) is 5.82 Å². The maximum atomic E-state index is 13.3. The smallest absolute Gasteiger partial charge is 0.350 e. The lowest BCUT2D eigenvalue weighted by Gasteiger charge is -2.50. The van der Waals surface area contributed by atoms with Crippen molar-refractivity contribution in [3.63, 3.8) is 0 Å². The van der Waals surface area contributed by atoms with Crippen molar-refractivity contribution >= 4 is 29.8 Å². The molecule has 0 aliphatic carbocycles. The largest absolute Gasteiger partial charge is 0.362 e. The van der Waals surface area contributed by atoms with Gasteiger partial charge in [-0.05, 0) is 48.1 Å². The van der Waals surface area contributed by atoms with E-state index < -0.39 is 30.4 Å². The van der Waals surface area contributed by atoms with E-state index in [1.165, 1.54) is 16.2 Å². The van der Waals surface area contributed by atoms with E-state index in [0.717, 1.165) is 16.7 Å². The molecule has 1 fully saturated rings. The fraction of sp³-hybridized carbons (Fsp3) is 0.281. The van der Waals surface area contributed by atoms with Gasteiger partial charge in [-0.2, -0.15) is 4.98 Å². The number of hydrogen-bond donors (Lipinski definition) is 1. The fourth-order valence-electron chi connectivity index (χ4n) is 5.59. The highest BCUT2D eigenvalue weighted by Gasteiger charge is 2.46. The first kappa shape index (κ1) is 31.8. The van der Waals surface area contributed by atoms with E-state index in [-0.39, 0.29) is 24.9 Å². The molecule has 0 spiro atoms. The van der Waals surface area contributed by atoms with Crippen LogP contribution in [0.1, 0.15) is 29.8 Å². The molecule has 3 atom stereocenters. The summed E-state index contributed by atoms with van der Waals surface area (Å²) in [6.45, 7) is -1.71. The van der Waals surface area contributed by atoms with Gasteiger partial charge < -0.3 is 14.6 Å². The fourth-order valence-corrected chi connectivity index (χ4v) is 6.34. The van der Waals surface area contributed by atoms with Crippen molar-refractivity contribution in [2.45, 2.75) is 24.8 Å². The van der Waals surface area contributed by atoms with E-state index >= 15 is 0 Å². The Kier molecular flexibility index (Phi) is 9.80. The highest BCUT2D eigenvalue weighted by Crippen LogP contribution is 2.54. The number of ether oxygens (including phenoxy) is 1. The third kappa shape index (κ3) is 6.71. The van der Waals surface area contributed by atoms with Crippen LogP contribution >= 0.6 is 18.1 Å². The molecule has 2 heterocycles. The minimum absolute atomic E-state index is 0.0907. The molecule has 3 aromatic carbocycles. The summed E-state index contributed by atoms with van der Waals surface area (Å²) < 4.78 is 27.8. The average Bonchev–Trinajstić information content (AvgIpc) is 3.02. The van der Waals surface area contributed by atoms with Crippen molar-refractivity contribution in [2.75, 3.05) is 39.1 Å². The number of benzene rings is 3. The first-order chi connectivity index (χ1) is 21.1. The van der Waals surface area contributed by atoms with Crippen LogP contribution in [0, 0.1) is 0 Å². The minimum Gasteiger partial charge on any atom is -0.350 e. The molecular formula is C32H35ClN5O5P. The summed E-state index contributed by atoms with van der Waals surface area (Å²) in [5, 5.41) is 2.54. The van der Waals surface area contributed by atoms with E-state index in [9.17, 15) is 14.2 Å². The summed E-state index contributed by atoms with van der Waals surface area (Å²) in [6.07, 6.45) is 0.0975. The second-order valence-electron chi connectivity index (χ2n) is 10.7. The Labute approximate surface area is 261 Å². The molecule has 1 aromatic heterocycles. The maximum Gasteiger partial charge on any atom is 0.362 e. The molecule has 12 heteroatoms. The topological polar surface area (TPSA) is 106 Å². The number of halogens is 1. The second kappa shape index (κ2) is 13.6. The zero-order valence-corrected chi connectivity index (χ0v) is 26.4. The van der Waals surface area contributed by atoms with Gasteiger partial charge in [0.2, 0.25) is 5.91 Å². The van der Waals surface area contributed by atoms with Gasteiger partial charge in [-0.3, -0.25) is 18.8 Å². The van der Waals surface area contributed by atoms with Gasteiger partial charge in [-0.1, -0.05) is 91.0 Å². The molecule has 1 aliphatic heterocycles. The molecule has 10 nitrogen and oxygen atoms in total. The van der Waals surface area contributed by atoms with Gasteiger partial charge in [-0.25, -0.2) is 9.46 Å². The van der Waals surface area contributed by atoms with Crippen LogP contribution in [0.4, 0.5) is 5.82 Å². The van der Waals surface area contributed by atoms with Crippen molar-refractivity contribution in [2.24, 2.45) is 0 Å². The first-order valence-corrected chi connectivity index (χ1v) is 16.7. The number of aromatic nitrogens is 2. The number of hydrogen-bond acceptors (Lipinski definition) is 7. The number of carbonyl (C=O) groups excluding carboxylic acids is 1. The number of rotatable bonds is 10. The molecule has 1 amide bonds. The minimum atomic E-state index is -3.60. The number of nitrogens with zero attached hydrogens (tertiary/aromatic N) is 4. The van der Waals surface area contributed by atoms with E-state index in [2.05, 4.69) is 51.6 Å². The molecule has 0 radical (unpaired) electrons. The molecule has 1 N–H and O–H groups in total. The summed E-state index contributed by atoms with van der Waals surface area (Å²) in [4.78, 5) is 31.2. The Morgan fingerprint density at radius 3 is 1.95 bits per heavy atom. The third-order valence-electron chi connectivity index (χ3n) is 7.54. The molecule has 5 rings (SSSR count). The Bertz CT molecular complexity index is 1580. The lowest BCUT2D eigenvalue weighted by molar-refractivity contribution is -0.148. The van der Waals surface area contributed by atoms with Gasteiger partial charge in [0.05, 0.1) is 18.2 Å². The molecular weight excluding hydrogens is 601 g/mol. The Morgan fingerprint density at radius 1 is 0.977 bits per heavy atom. The maximum absolute atomic E-state index is 13.3. The van der Waals surface area contributed by atoms with Gasteiger partial charge in [0, 0.05) is 26.2 Å². The van der Waals surface area contributed by atoms with Crippen LogP contribution in [0.2, 0.25) is 0 Å². The lowest BCUT2D eigenvalue weighted by Crippen LogP contribution is -2.58. The number of nitrogens with one attached hydrogen (secondary N) is 1. The van der Waals surface area contributed by atoms with Gasteiger partial charge in [-0.15, -0.1) is 0 Å². The van der Waals surface area contributed by atoms with Crippen LogP contribution in [0.25, 0.3) is 0 Å². The molecule has 44 heavy (non-hydrogen) atoms. The summed E-state index contributed by atoms with van der Waals surface area (Å²) in [5.74, 6) is -0.190. The number of amides is 1. The van der Waals surface area contributed by atoms with Crippen molar-refractivity contribution < 1.29 is 18.6 Å². The number of carbonyl (C=O) groups is 1. The molecule has 0 saturated carbocycles. The summed E-state index contributed by atoms with van der Waals surface area (Å²) in [5.41, 5.74) is 1.63. The standard InChI is InChI=1S/C32H35ClN5O5P/c1-24(39)34-29-19-20-38(31(40)35-29)30-22-37(21-28(43-30)23-42-44(33,41)36(2)3)32(25-13-7-4-8-14-25,26-15-9-5-10-16-26)27-17-11-6-12-18-27/h4-20,28,30H,21-23H2,1-3H3,(H,34,35,39,40)/t28-,30+,44?/m0/s1. The Balaban J connectivity index is 1.67. The van der Waals surface area contributed by atoms with Crippen LogP contribution in [0.3, 0.4) is 0 Å². The number of anilines is 1. The highest BCUT2D eigenvalue weighted by molar-refractivity contribution is 7.83. The van der Waals surface area contributed by atoms with E-state index in [1.807, 2.05) is 54.6 Å². The molecule has 1 aliphatic rings. The molecule has 4 aromatic rings. The average molecular weight is 636 g/mol. The molecule has 0 bridgehead atoms. The normalized spacial score (nSPS) is 18.9. The summed E-state index contributed by atoms with van der Waals surface area (Å²) >= 11 is 6.23. The van der Waals surface area contributed by atoms with Crippen molar-refractivity contribution in [3.05, 3.63) is 130 Å². The van der Waals surface area contributed by atoms with Crippen LogP contribution < -0.4 is 11.0 Å². The monoisotopic (exact) mass is 635 g/mol. The van der Waals surface area contributed by atoms with Crippen LogP contribution in [0.15, 0.2) is 108 Å². The summed E-state index contributed by atoms with van der Waals surface area (Å²) in [7, 11) is 3.16. The zero-order chi connectivity index (χ0) is 31.3.